The van der Waals surface area contributed by atoms with Gasteiger partial charge < -0.3 is 25.0 Å². The molecule has 2 amide bonds. The number of nitrogens with zero attached hydrogens (tertiary/aromatic N) is 2. The molecule has 0 spiro atoms. The molecule has 0 bridgehead atoms. The van der Waals surface area contributed by atoms with Crippen LogP contribution in [0.25, 0.3) is 10.8 Å². The molecule has 0 atom stereocenters. The van der Waals surface area contributed by atoms with Crippen LogP contribution >= 0.6 is 15.9 Å². The molecule has 8 nitrogen and oxygen atoms in total. The van der Waals surface area contributed by atoms with Crippen molar-refractivity contribution in [3.63, 3.8) is 0 Å². The molecule has 2 heterocycles. The summed E-state index contributed by atoms with van der Waals surface area (Å²) in [6.07, 6.45) is 0.418. The van der Waals surface area contributed by atoms with E-state index in [-0.39, 0.29) is 6.03 Å². The Balaban J connectivity index is 0.000000429. The number of alkyl halides is 3. The quantitative estimate of drug-likeness (QED) is 0.386. The summed E-state index contributed by atoms with van der Waals surface area (Å²) in [6.45, 7) is 2.42. The number of aliphatic carboxylic acids is 1. The van der Waals surface area contributed by atoms with Gasteiger partial charge in [-0.3, -0.25) is 0 Å². The topological polar surface area (TPSA) is 108 Å². The molecule has 0 aliphatic carbocycles. The van der Waals surface area contributed by atoms with E-state index >= 15 is 0 Å². The van der Waals surface area contributed by atoms with E-state index < -0.39 is 12.1 Å². The van der Waals surface area contributed by atoms with Crippen LogP contribution in [-0.4, -0.2) is 64.4 Å². The number of carboxylic acids is 1. The second-order valence-corrected chi connectivity index (χ2v) is 8.69. The van der Waals surface area contributed by atoms with Gasteiger partial charge in [-0.2, -0.15) is 13.2 Å². The van der Waals surface area contributed by atoms with E-state index in [1.807, 2.05) is 35.4 Å². The van der Waals surface area contributed by atoms with Crippen molar-refractivity contribution in [2.45, 2.75) is 24.9 Å². The van der Waals surface area contributed by atoms with Gasteiger partial charge in [0.2, 0.25) is 0 Å². The Kier molecular flexibility index (Phi) is 8.96. The van der Waals surface area contributed by atoms with Crippen molar-refractivity contribution in [3.05, 3.63) is 59.1 Å². The zero-order valence-electron chi connectivity index (χ0n) is 18.5. The number of carbonyl (C=O) groups excluding carboxylic acids is 1. The van der Waals surface area contributed by atoms with Gasteiger partial charge in [0.25, 0.3) is 0 Å². The molecule has 0 radical (unpaired) electrons. The van der Waals surface area contributed by atoms with Crippen molar-refractivity contribution in [3.8, 4) is 5.75 Å². The first-order chi connectivity index (χ1) is 16.6. The number of amides is 2. The first kappa shape index (κ1) is 26.3. The lowest BCUT2D eigenvalue weighted by Gasteiger charge is -2.31. The lowest BCUT2D eigenvalue weighted by Crippen LogP contribution is -2.45. The van der Waals surface area contributed by atoms with Gasteiger partial charge in [0.05, 0.1) is 6.54 Å². The van der Waals surface area contributed by atoms with Crippen molar-refractivity contribution < 1.29 is 32.6 Å². The molecule has 1 aliphatic heterocycles. The minimum atomic E-state index is -5.08. The normalized spacial score (nSPS) is 14.2. The zero-order chi connectivity index (χ0) is 25.4. The van der Waals surface area contributed by atoms with Gasteiger partial charge in [-0.1, -0.05) is 28.1 Å². The lowest BCUT2D eigenvalue weighted by molar-refractivity contribution is -0.192. The molecule has 0 unspecified atom stereocenters. The average Bonchev–Trinajstić information content (AvgIpc) is 3.37. The molecular weight excluding hydrogens is 533 g/mol. The molecule has 1 aromatic heterocycles. The number of aromatic amines is 1. The Morgan fingerprint density at radius 3 is 2.46 bits per heavy atom. The Morgan fingerprint density at radius 2 is 1.83 bits per heavy atom. The van der Waals surface area contributed by atoms with E-state index in [4.69, 9.17) is 14.6 Å². The van der Waals surface area contributed by atoms with E-state index in [2.05, 4.69) is 43.3 Å². The van der Waals surface area contributed by atoms with Crippen LogP contribution in [0.1, 0.15) is 24.6 Å². The smallest absolute Gasteiger partial charge is 0.490 e. The number of hydrogen-bond acceptors (Lipinski definition) is 4. The van der Waals surface area contributed by atoms with E-state index in [1.54, 1.807) is 6.20 Å². The van der Waals surface area contributed by atoms with Crippen molar-refractivity contribution in [1.82, 2.24) is 20.2 Å². The fourth-order valence-electron chi connectivity index (χ4n) is 3.58. The average molecular weight is 557 g/mol. The molecule has 3 aromatic rings. The SMILES string of the molecule is O=C(NCCOc1ccc2cc(Br)ccc2c1)N1CCC(c2ncc[nH]2)CC1.O=C(O)C(F)(F)F. The van der Waals surface area contributed by atoms with Crippen LogP contribution in [0, 0.1) is 0 Å². The number of carbonyl (C=O) groups is 2. The number of piperidine rings is 1. The maximum atomic E-state index is 12.3. The highest BCUT2D eigenvalue weighted by atomic mass is 79.9. The molecule has 1 fully saturated rings. The number of rotatable bonds is 5. The number of aromatic nitrogens is 2. The van der Waals surface area contributed by atoms with Crippen molar-refractivity contribution in [2.75, 3.05) is 26.2 Å². The number of imidazole rings is 1. The standard InChI is InChI=1S/C21H23BrN4O2.C2HF3O2/c22-18-3-1-17-14-19(4-2-16(17)13-18)28-12-9-25-21(27)26-10-5-15(6-11-26)20-23-7-8-24-20;3-2(4,5)1(6)7/h1-4,7-8,13-15H,5-6,9-12H2,(H,23,24)(H,25,27);(H,6,7). The molecule has 12 heteroatoms. The molecule has 35 heavy (non-hydrogen) atoms. The van der Waals surface area contributed by atoms with Crippen molar-refractivity contribution in [1.29, 1.82) is 0 Å². The Bertz CT molecular complexity index is 1130. The number of likely N-dealkylation sites (tertiary alicyclic amines) is 1. The number of urea groups is 1. The number of fused-ring (bicyclic) bond motifs is 1. The van der Waals surface area contributed by atoms with E-state index in [0.29, 0.717) is 19.1 Å². The number of halogens is 4. The number of carboxylic acid groups (broad SMARTS) is 1. The van der Waals surface area contributed by atoms with Gasteiger partial charge in [-0.25, -0.2) is 14.6 Å². The van der Waals surface area contributed by atoms with Gasteiger partial charge in [0.15, 0.2) is 0 Å². The maximum absolute atomic E-state index is 12.3. The summed E-state index contributed by atoms with van der Waals surface area (Å²) in [4.78, 5) is 30.6. The third-order valence-corrected chi connectivity index (χ3v) is 5.84. The summed E-state index contributed by atoms with van der Waals surface area (Å²) in [6, 6.07) is 12.1. The Hall–Kier alpha value is -3.28. The Morgan fingerprint density at radius 1 is 1.17 bits per heavy atom. The fourth-order valence-corrected chi connectivity index (χ4v) is 3.96. The summed E-state index contributed by atoms with van der Waals surface area (Å²) < 4.78 is 38.6. The second-order valence-electron chi connectivity index (χ2n) is 7.77. The third kappa shape index (κ3) is 7.88. The van der Waals surface area contributed by atoms with Crippen LogP contribution in [0.2, 0.25) is 0 Å². The van der Waals surface area contributed by atoms with E-state index in [0.717, 1.165) is 52.8 Å². The van der Waals surface area contributed by atoms with Crippen LogP contribution in [0.15, 0.2) is 53.3 Å². The van der Waals surface area contributed by atoms with Crippen LogP contribution in [-0.2, 0) is 4.79 Å². The zero-order valence-corrected chi connectivity index (χ0v) is 20.1. The number of nitrogens with one attached hydrogen (secondary N) is 2. The van der Waals surface area contributed by atoms with Crippen molar-refractivity contribution in [2.24, 2.45) is 0 Å². The highest BCUT2D eigenvalue weighted by molar-refractivity contribution is 9.10. The summed E-state index contributed by atoms with van der Waals surface area (Å²) in [5, 5.41) is 12.4. The molecule has 0 saturated carbocycles. The van der Waals surface area contributed by atoms with E-state index in [1.165, 1.54) is 0 Å². The number of ether oxygens (including phenoxy) is 1. The summed E-state index contributed by atoms with van der Waals surface area (Å²) in [5.41, 5.74) is 0. The van der Waals surface area contributed by atoms with Gasteiger partial charge in [-0.15, -0.1) is 0 Å². The minimum absolute atomic E-state index is 0.0233. The maximum Gasteiger partial charge on any atom is 0.490 e. The predicted molar refractivity (Wildman–Crippen MR) is 126 cm³/mol. The van der Waals surface area contributed by atoms with Gasteiger partial charge >= 0.3 is 18.2 Å². The van der Waals surface area contributed by atoms with Crippen LogP contribution in [0.4, 0.5) is 18.0 Å². The highest BCUT2D eigenvalue weighted by Crippen LogP contribution is 2.26. The minimum Gasteiger partial charge on any atom is -0.492 e. The first-order valence-electron chi connectivity index (χ1n) is 10.8. The fraction of sp³-hybridized carbons (Fsp3) is 0.348. The summed E-state index contributed by atoms with van der Waals surface area (Å²) in [7, 11) is 0. The molecule has 188 valence electrons. The second kappa shape index (κ2) is 11.9. The molecule has 1 saturated heterocycles. The molecule has 4 rings (SSSR count). The monoisotopic (exact) mass is 556 g/mol. The number of hydrogen-bond donors (Lipinski definition) is 3. The molecule has 3 N–H and O–H groups in total. The predicted octanol–water partition coefficient (Wildman–Crippen LogP) is 4.93. The summed E-state index contributed by atoms with van der Waals surface area (Å²) in [5.74, 6) is -0.511. The third-order valence-electron chi connectivity index (χ3n) is 5.35. The van der Waals surface area contributed by atoms with Gasteiger partial charge in [-0.05, 0) is 47.9 Å². The molecular formula is C23H24BrF3N4O4. The summed E-state index contributed by atoms with van der Waals surface area (Å²) >= 11 is 3.48. The largest absolute Gasteiger partial charge is 0.492 e. The number of benzene rings is 2. The highest BCUT2D eigenvalue weighted by Gasteiger charge is 2.38. The number of H-pyrrole nitrogens is 1. The van der Waals surface area contributed by atoms with Crippen molar-refractivity contribution >= 4 is 38.7 Å². The molecule has 2 aromatic carbocycles. The molecule has 1 aliphatic rings. The van der Waals surface area contributed by atoms with Gasteiger partial charge in [0.1, 0.15) is 18.2 Å². The van der Waals surface area contributed by atoms with Crippen LogP contribution in [0.5, 0.6) is 5.75 Å². The van der Waals surface area contributed by atoms with Crippen LogP contribution in [0.3, 0.4) is 0 Å². The van der Waals surface area contributed by atoms with E-state index in [9.17, 15) is 18.0 Å². The van der Waals surface area contributed by atoms with Crippen LogP contribution < -0.4 is 10.1 Å². The Labute approximate surface area is 207 Å². The lowest BCUT2D eigenvalue weighted by atomic mass is 9.96. The first-order valence-corrected chi connectivity index (χ1v) is 11.6. The van der Waals surface area contributed by atoms with Gasteiger partial charge in [0, 0.05) is 35.9 Å².